The number of ether oxygens (including phenoxy) is 2. The zero-order chi connectivity index (χ0) is 22.5. The minimum atomic E-state index is -0.644. The minimum absolute atomic E-state index is 0.0246. The van der Waals surface area contributed by atoms with E-state index in [9.17, 15) is 14.4 Å². The summed E-state index contributed by atoms with van der Waals surface area (Å²) in [4.78, 5) is 43.2. The third kappa shape index (κ3) is 2.01. The Hall–Kier alpha value is -2.41. The molecule has 3 saturated carbocycles. The summed E-state index contributed by atoms with van der Waals surface area (Å²) >= 11 is 0. The number of anilines is 1. The van der Waals surface area contributed by atoms with Crippen LogP contribution >= 0.6 is 0 Å². The number of carbonyl (C=O) groups excluding carboxylic acids is 3. The largest absolute Gasteiger partial charge is 0.469 e. The van der Waals surface area contributed by atoms with E-state index in [-0.39, 0.29) is 40.8 Å². The SMILES string of the molecule is COC(=O)[C@@H]1CC23CCC14N(C(C)=O)c1ccccc1[C@@]41CCN(CC[C@H]2OC(C)=O)[C@@H]31. The fourth-order valence-corrected chi connectivity index (χ4v) is 9.01. The van der Waals surface area contributed by atoms with Gasteiger partial charge in [-0.15, -0.1) is 0 Å². The molecule has 7 nitrogen and oxygen atoms in total. The standard InChI is InChI=1S/C25H30N2O5/c1-15(28)27-19-7-5-4-6-17(19)24-11-13-26-12-8-20(32-16(2)29)23(22(24)26)9-10-25(24,27)18(14-23)21(30)31-3/h4-7,18,20,22H,8-14H2,1-3H3/t18-,20+,22-,23?,24+,25?/m0/s1. The van der Waals surface area contributed by atoms with E-state index in [0.29, 0.717) is 12.8 Å². The zero-order valence-corrected chi connectivity index (χ0v) is 18.9. The molecule has 3 heterocycles. The quantitative estimate of drug-likeness (QED) is 0.660. The van der Waals surface area contributed by atoms with Gasteiger partial charge in [0.25, 0.3) is 0 Å². The number of piperidine rings is 1. The maximum Gasteiger partial charge on any atom is 0.311 e. The third-order valence-electron chi connectivity index (χ3n) is 9.53. The van der Waals surface area contributed by atoms with Gasteiger partial charge in [-0.3, -0.25) is 19.3 Å². The second-order valence-electron chi connectivity index (χ2n) is 10.4. The highest BCUT2D eigenvalue weighted by Crippen LogP contribution is 2.76. The molecule has 7 heteroatoms. The predicted molar refractivity (Wildman–Crippen MR) is 116 cm³/mol. The first-order chi connectivity index (χ1) is 15.3. The summed E-state index contributed by atoms with van der Waals surface area (Å²) < 4.78 is 11.3. The normalized spacial score (nSPS) is 41.0. The van der Waals surface area contributed by atoms with Crippen molar-refractivity contribution >= 4 is 23.5 Å². The molecule has 1 aromatic carbocycles. The number of benzene rings is 1. The molecule has 2 unspecified atom stereocenters. The van der Waals surface area contributed by atoms with E-state index < -0.39 is 11.5 Å². The van der Waals surface area contributed by atoms with Gasteiger partial charge in [0.2, 0.25) is 5.91 Å². The number of hydrogen-bond donors (Lipinski definition) is 0. The highest BCUT2D eigenvalue weighted by Gasteiger charge is 2.83. The summed E-state index contributed by atoms with van der Waals surface area (Å²) in [5.74, 6) is -1.00. The fourth-order valence-electron chi connectivity index (χ4n) is 9.01. The lowest BCUT2D eigenvalue weighted by atomic mass is 9.38. The molecule has 5 fully saturated rings. The number of esters is 2. The topological polar surface area (TPSA) is 76.2 Å². The molecule has 6 aliphatic rings. The van der Waals surface area contributed by atoms with E-state index >= 15 is 0 Å². The third-order valence-corrected chi connectivity index (χ3v) is 9.53. The summed E-state index contributed by atoms with van der Waals surface area (Å²) in [6.07, 6.45) is 3.58. The van der Waals surface area contributed by atoms with Crippen molar-refractivity contribution in [2.75, 3.05) is 25.1 Å². The van der Waals surface area contributed by atoms with Gasteiger partial charge >= 0.3 is 11.9 Å². The van der Waals surface area contributed by atoms with Gasteiger partial charge in [0.15, 0.2) is 0 Å². The number of para-hydroxylation sites is 1. The number of carbonyl (C=O) groups is 3. The second kappa shape index (κ2) is 6.34. The summed E-state index contributed by atoms with van der Waals surface area (Å²) in [7, 11) is 1.44. The average molecular weight is 439 g/mol. The Morgan fingerprint density at radius 2 is 1.84 bits per heavy atom. The number of rotatable bonds is 2. The monoisotopic (exact) mass is 438 g/mol. The maximum absolute atomic E-state index is 13.4. The van der Waals surface area contributed by atoms with E-state index in [1.165, 1.54) is 19.6 Å². The molecule has 2 saturated heterocycles. The van der Waals surface area contributed by atoms with Crippen molar-refractivity contribution in [3.63, 3.8) is 0 Å². The smallest absolute Gasteiger partial charge is 0.311 e. The molecule has 1 aromatic rings. The number of nitrogens with zero attached hydrogens (tertiary/aromatic N) is 2. The Kier molecular flexibility index (Phi) is 4.00. The van der Waals surface area contributed by atoms with Crippen LogP contribution in [0.5, 0.6) is 0 Å². The molecule has 0 radical (unpaired) electrons. The van der Waals surface area contributed by atoms with E-state index in [1.54, 1.807) is 6.92 Å². The fraction of sp³-hybridized carbons (Fsp3) is 0.640. The van der Waals surface area contributed by atoms with E-state index in [1.807, 2.05) is 23.1 Å². The Balaban J connectivity index is 1.66. The summed E-state index contributed by atoms with van der Waals surface area (Å²) in [6, 6.07) is 8.34. The number of amides is 1. The lowest BCUT2D eigenvalue weighted by molar-refractivity contribution is -0.211. The van der Waals surface area contributed by atoms with Crippen LogP contribution in [-0.4, -0.2) is 60.6 Å². The molecule has 3 aliphatic heterocycles. The van der Waals surface area contributed by atoms with E-state index in [0.717, 1.165) is 38.0 Å². The van der Waals surface area contributed by atoms with Crippen LogP contribution in [-0.2, 0) is 29.3 Å². The minimum Gasteiger partial charge on any atom is -0.469 e. The van der Waals surface area contributed by atoms with Crippen molar-refractivity contribution < 1.29 is 23.9 Å². The first-order valence-corrected chi connectivity index (χ1v) is 11.7. The van der Waals surface area contributed by atoms with Crippen molar-refractivity contribution in [3.8, 4) is 0 Å². The number of hydrogen-bond acceptors (Lipinski definition) is 6. The van der Waals surface area contributed by atoms with Gasteiger partial charge in [-0.25, -0.2) is 0 Å². The van der Waals surface area contributed by atoms with Crippen LogP contribution < -0.4 is 4.90 Å². The van der Waals surface area contributed by atoms with Crippen molar-refractivity contribution in [2.45, 2.75) is 69.1 Å². The van der Waals surface area contributed by atoms with Gasteiger partial charge in [0.1, 0.15) is 6.10 Å². The molecule has 32 heavy (non-hydrogen) atoms. The second-order valence-corrected chi connectivity index (χ2v) is 10.4. The molecule has 1 amide bonds. The van der Waals surface area contributed by atoms with Crippen LogP contribution in [0.3, 0.4) is 0 Å². The zero-order valence-electron chi connectivity index (χ0n) is 18.9. The van der Waals surface area contributed by atoms with Crippen LogP contribution in [0, 0.1) is 11.3 Å². The summed E-state index contributed by atoms with van der Waals surface area (Å²) in [5, 5.41) is 0. The lowest BCUT2D eigenvalue weighted by Gasteiger charge is -2.71. The molecule has 3 spiro atoms. The highest BCUT2D eigenvalue weighted by atomic mass is 16.5. The van der Waals surface area contributed by atoms with Crippen LogP contribution in [0.4, 0.5) is 5.69 Å². The van der Waals surface area contributed by atoms with Crippen molar-refractivity contribution in [1.29, 1.82) is 0 Å². The Labute approximate surface area is 188 Å². The van der Waals surface area contributed by atoms with Gasteiger partial charge in [0.05, 0.1) is 18.6 Å². The Morgan fingerprint density at radius 3 is 2.56 bits per heavy atom. The van der Waals surface area contributed by atoms with Crippen LogP contribution in [0.25, 0.3) is 0 Å². The van der Waals surface area contributed by atoms with Gasteiger partial charge in [-0.1, -0.05) is 18.2 Å². The van der Waals surface area contributed by atoms with Crippen molar-refractivity contribution in [2.24, 2.45) is 11.3 Å². The lowest BCUT2D eigenvalue weighted by Crippen LogP contribution is -2.81. The molecular formula is C25H30N2O5. The van der Waals surface area contributed by atoms with Crippen molar-refractivity contribution in [3.05, 3.63) is 29.8 Å². The molecule has 0 aromatic heterocycles. The van der Waals surface area contributed by atoms with E-state index in [4.69, 9.17) is 9.47 Å². The van der Waals surface area contributed by atoms with Crippen LogP contribution in [0.15, 0.2) is 24.3 Å². The van der Waals surface area contributed by atoms with Crippen LogP contribution in [0.2, 0.25) is 0 Å². The molecule has 170 valence electrons. The first kappa shape index (κ1) is 20.2. The van der Waals surface area contributed by atoms with Crippen LogP contribution in [0.1, 0.15) is 51.5 Å². The Bertz CT molecular complexity index is 1040. The first-order valence-electron chi connectivity index (χ1n) is 11.7. The van der Waals surface area contributed by atoms with E-state index in [2.05, 4.69) is 11.0 Å². The molecular weight excluding hydrogens is 408 g/mol. The number of fused-ring (bicyclic) bond motifs is 3. The molecule has 3 aliphatic carbocycles. The average Bonchev–Trinajstić information content (AvgIpc) is 3.30. The summed E-state index contributed by atoms with van der Waals surface area (Å²) in [6.45, 7) is 4.89. The van der Waals surface area contributed by atoms with Gasteiger partial charge in [0, 0.05) is 43.0 Å². The van der Waals surface area contributed by atoms with Gasteiger partial charge in [-0.2, -0.15) is 0 Å². The summed E-state index contributed by atoms with van der Waals surface area (Å²) in [5.41, 5.74) is 0.770. The Morgan fingerprint density at radius 1 is 1.06 bits per heavy atom. The molecule has 2 bridgehead atoms. The van der Waals surface area contributed by atoms with Crippen molar-refractivity contribution in [1.82, 2.24) is 4.90 Å². The van der Waals surface area contributed by atoms with Gasteiger partial charge in [-0.05, 0) is 50.3 Å². The molecule has 7 rings (SSSR count). The maximum atomic E-state index is 13.4. The number of methoxy groups -OCH3 is 1. The van der Waals surface area contributed by atoms with Gasteiger partial charge < -0.3 is 14.4 Å². The molecule has 0 N–H and O–H groups in total. The molecule has 6 atom stereocenters. The highest BCUT2D eigenvalue weighted by molar-refractivity contribution is 5.99. The predicted octanol–water partition coefficient (Wildman–Crippen LogP) is 2.41.